The van der Waals surface area contributed by atoms with E-state index in [4.69, 9.17) is 42.2 Å². The second kappa shape index (κ2) is 54.3. The number of rotatable bonds is 61. The Bertz CT molecular complexity index is 1930. The van der Waals surface area contributed by atoms with E-state index in [1.807, 2.05) is 0 Å². The van der Waals surface area contributed by atoms with Crippen LogP contribution in [0.4, 0.5) is 0 Å². The first-order valence-electron chi connectivity index (χ1n) is 36.0. The molecule has 11 atom stereocenters. The molecule has 2 saturated heterocycles. The molecule has 0 aliphatic carbocycles. The summed E-state index contributed by atoms with van der Waals surface area (Å²) in [4.78, 5) is 81.7. The highest BCUT2D eigenvalue weighted by molar-refractivity contribution is 7.46. The van der Waals surface area contributed by atoms with E-state index in [1.165, 1.54) is 64.9 Å². The number of carbonyl (C=O) groups excluding carboxylic acids is 3. The van der Waals surface area contributed by atoms with Crippen molar-refractivity contribution in [2.75, 3.05) is 40.6 Å². The number of phosphoric ester groups is 2. The molecule has 0 bridgehead atoms. The summed E-state index contributed by atoms with van der Waals surface area (Å²) in [5.41, 5.74) is 0. The fourth-order valence-electron chi connectivity index (χ4n) is 12.1. The van der Waals surface area contributed by atoms with Crippen molar-refractivity contribution in [2.24, 2.45) is 0 Å². The number of methoxy groups -OCH3 is 2. The smallest absolute Gasteiger partial charge is 0.388 e. The normalized spacial score (nSPS) is 22.6. The van der Waals surface area contributed by atoms with E-state index in [0.29, 0.717) is 25.7 Å². The lowest BCUT2D eigenvalue weighted by Gasteiger charge is -2.46. The number of nitrogens with one attached hydrogen (secondary N) is 2. The molecule has 21 nitrogen and oxygen atoms in total. The summed E-state index contributed by atoms with van der Waals surface area (Å²) in [6.07, 6.45) is 32.0. The molecule has 2 rings (SSSR count). The van der Waals surface area contributed by atoms with Gasteiger partial charge in [-0.2, -0.15) is 0 Å². The number of aliphatic hydroxyl groups excluding tert-OH is 1. The Labute approximate surface area is 549 Å². The van der Waals surface area contributed by atoms with Crippen LogP contribution in [0.25, 0.3) is 0 Å². The van der Waals surface area contributed by atoms with Gasteiger partial charge in [-0.3, -0.25) is 23.4 Å². The maximum absolute atomic E-state index is 14.0. The highest BCUT2D eigenvalue weighted by Crippen LogP contribution is 2.44. The Morgan fingerprint density at radius 1 is 0.473 bits per heavy atom. The van der Waals surface area contributed by atoms with Gasteiger partial charge in [-0.1, -0.05) is 220 Å². The average molecular weight is 1340 g/mol. The summed E-state index contributed by atoms with van der Waals surface area (Å²) in [6, 6.07) is -2.59. The SMILES string of the molecule is CCCCCC/C=C\CCCCCCCCCC(=O)N[C@H]1[C@H](OCCC[C@H]2O[C@H](OP(=O)(O)O)[C@H](NC(=O)CC(=O)CCCCCCCCCCC)[C@@H](OCCCCCCCCCC)[C@@H]2O)O[C@H](COC)[C@@H](OP(=O)(O)O)[C@@H]1OCC[C@@H](CCCCCCC)OC. The van der Waals surface area contributed by atoms with Crippen LogP contribution in [0.2, 0.25) is 0 Å². The number of hydrogen-bond donors (Lipinski definition) is 7. The minimum atomic E-state index is -5.30. The number of amides is 2. The molecule has 2 fully saturated rings. The second-order valence-corrected chi connectivity index (χ2v) is 27.9. The molecule has 0 saturated carbocycles. The number of allylic oxidation sites excluding steroid dienone is 2. The third-order valence-electron chi connectivity index (χ3n) is 17.3. The fraction of sp³-hybridized carbons (Fsp3) is 0.926. The van der Waals surface area contributed by atoms with Gasteiger partial charge in [-0.05, 0) is 70.6 Å². The topological polar surface area (TPSA) is 294 Å². The molecule has 0 spiro atoms. The minimum Gasteiger partial charge on any atom is -0.388 e. The van der Waals surface area contributed by atoms with Crippen LogP contribution in [0.1, 0.15) is 297 Å². The first-order valence-corrected chi connectivity index (χ1v) is 39.1. The van der Waals surface area contributed by atoms with Gasteiger partial charge in [0.25, 0.3) is 0 Å². The molecular weight excluding hydrogens is 1210 g/mol. The van der Waals surface area contributed by atoms with Crippen molar-refractivity contribution in [3.05, 3.63) is 12.2 Å². The molecule has 0 aromatic carbocycles. The molecule has 91 heavy (non-hydrogen) atoms. The minimum absolute atomic E-state index is 0.0000922. The number of hydrogen-bond acceptors (Lipinski definition) is 15. The number of carbonyl (C=O) groups is 3. The second-order valence-electron chi connectivity index (χ2n) is 25.5. The summed E-state index contributed by atoms with van der Waals surface area (Å²) < 4.78 is 79.1. The highest BCUT2D eigenvalue weighted by Gasteiger charge is 2.52. The summed E-state index contributed by atoms with van der Waals surface area (Å²) in [5, 5.41) is 17.8. The lowest BCUT2D eigenvalue weighted by Crippen LogP contribution is -2.66. The Hall–Kier alpha value is -1.75. The van der Waals surface area contributed by atoms with E-state index in [0.717, 1.165) is 154 Å². The molecule has 0 aromatic heterocycles. The van der Waals surface area contributed by atoms with Crippen LogP contribution in [0, 0.1) is 0 Å². The highest BCUT2D eigenvalue weighted by atomic mass is 31.2. The predicted octanol–water partition coefficient (Wildman–Crippen LogP) is 14.4. The van der Waals surface area contributed by atoms with Crippen molar-refractivity contribution >= 4 is 33.2 Å². The molecule has 536 valence electrons. The van der Waals surface area contributed by atoms with Crippen molar-refractivity contribution in [1.82, 2.24) is 10.6 Å². The lowest BCUT2D eigenvalue weighted by molar-refractivity contribution is -0.277. The number of unbranched alkanes of at least 4 members (excludes halogenated alkanes) is 30. The van der Waals surface area contributed by atoms with Gasteiger partial charge in [0.1, 0.15) is 48.4 Å². The first kappa shape index (κ1) is 85.3. The Balaban J connectivity index is 2.35. The number of ether oxygens (including phenoxy) is 7. The molecule has 0 unspecified atom stereocenters. The van der Waals surface area contributed by atoms with Crippen molar-refractivity contribution in [3.8, 4) is 0 Å². The van der Waals surface area contributed by atoms with Crippen LogP contribution < -0.4 is 10.6 Å². The summed E-state index contributed by atoms with van der Waals surface area (Å²) >= 11 is 0. The first-order chi connectivity index (χ1) is 43.9. The van der Waals surface area contributed by atoms with Crippen LogP contribution in [0.3, 0.4) is 0 Å². The third-order valence-corrected chi connectivity index (χ3v) is 18.3. The van der Waals surface area contributed by atoms with Crippen molar-refractivity contribution < 1.29 is 90.4 Å². The molecular formula is C68H130N2O19P2. The third kappa shape index (κ3) is 42.5. The number of ketones is 1. The standard InChI is InChI=1S/C68H130N2O19P2/c1-7-11-15-19-22-25-26-27-28-29-30-32-34-38-42-48-59(72)69-62-66(84-52-49-56(82-6)46-41-36-18-14-10-4)64(88-90(75,76)77)58(54-81-5)87-67(62)85-51-44-47-57-63(74)65(83-50-43-39-35-24-21-17-13-9-3)61(68(86-57)89-91(78,79)80)70-60(73)53-55(71)45-40-37-33-31-23-20-16-12-8-2/h25-26,56-58,61-68,74H,7-24,27-54H2,1-6H3,(H,69,72)(H,70,73)(H2,75,76,77)(H2,78,79,80)/b26-25-/t56-,57-,58-,61-,62-,63-,64-,65-,66-,67-,68-/m1/s1. The van der Waals surface area contributed by atoms with E-state index in [1.54, 1.807) is 7.11 Å². The molecule has 2 amide bonds. The summed E-state index contributed by atoms with van der Waals surface area (Å²) in [5.74, 6) is -1.37. The summed E-state index contributed by atoms with van der Waals surface area (Å²) in [6.45, 7) is 8.64. The Morgan fingerprint density at radius 2 is 0.923 bits per heavy atom. The van der Waals surface area contributed by atoms with Gasteiger partial charge < -0.3 is 68.5 Å². The van der Waals surface area contributed by atoms with E-state index >= 15 is 0 Å². The van der Waals surface area contributed by atoms with Crippen LogP contribution in [0.5, 0.6) is 0 Å². The molecule has 0 aromatic rings. The quantitative estimate of drug-likeness (QED) is 0.0129. The maximum atomic E-state index is 14.0. The Morgan fingerprint density at radius 3 is 1.46 bits per heavy atom. The summed E-state index contributed by atoms with van der Waals surface area (Å²) in [7, 11) is -7.47. The number of phosphoric acid groups is 2. The molecule has 0 radical (unpaired) electrons. The molecule has 7 N–H and O–H groups in total. The zero-order valence-corrected chi connectivity index (χ0v) is 59.2. The van der Waals surface area contributed by atoms with Gasteiger partial charge in [-0.25, -0.2) is 9.13 Å². The Kier molecular flexibility index (Phi) is 50.9. The number of aliphatic hydroxyl groups is 1. The fourth-order valence-corrected chi connectivity index (χ4v) is 13.1. The van der Waals surface area contributed by atoms with Gasteiger partial charge in [0, 0.05) is 46.9 Å². The van der Waals surface area contributed by atoms with Crippen molar-refractivity contribution in [3.63, 3.8) is 0 Å². The van der Waals surface area contributed by atoms with Crippen molar-refractivity contribution in [2.45, 2.75) is 365 Å². The molecule has 2 heterocycles. The molecule has 23 heteroatoms. The zero-order valence-electron chi connectivity index (χ0n) is 57.4. The lowest BCUT2D eigenvalue weighted by atomic mass is 9.93. The van der Waals surface area contributed by atoms with Gasteiger partial charge in [0.15, 0.2) is 12.6 Å². The maximum Gasteiger partial charge on any atom is 0.472 e. The van der Waals surface area contributed by atoms with Gasteiger partial charge in [0.05, 0.1) is 25.2 Å². The van der Waals surface area contributed by atoms with E-state index in [-0.39, 0.29) is 69.9 Å². The monoisotopic (exact) mass is 1340 g/mol. The van der Waals surface area contributed by atoms with Gasteiger partial charge in [0.2, 0.25) is 11.8 Å². The van der Waals surface area contributed by atoms with Crippen LogP contribution in [-0.4, -0.2) is 150 Å². The van der Waals surface area contributed by atoms with E-state index < -0.39 is 89.3 Å². The zero-order chi connectivity index (χ0) is 66.8. The largest absolute Gasteiger partial charge is 0.472 e. The van der Waals surface area contributed by atoms with E-state index in [9.17, 15) is 48.2 Å². The van der Waals surface area contributed by atoms with E-state index in [2.05, 4.69) is 50.5 Å². The van der Waals surface area contributed by atoms with Crippen LogP contribution in [-0.2, 0) is 65.7 Å². The van der Waals surface area contributed by atoms with Crippen LogP contribution in [0.15, 0.2) is 12.2 Å². The van der Waals surface area contributed by atoms with Crippen molar-refractivity contribution in [1.29, 1.82) is 0 Å². The predicted molar refractivity (Wildman–Crippen MR) is 356 cm³/mol. The average Bonchev–Trinajstić information content (AvgIpc) is 0.950. The van der Waals surface area contributed by atoms with Gasteiger partial charge >= 0.3 is 15.6 Å². The molecule has 2 aliphatic heterocycles. The van der Waals surface area contributed by atoms with Crippen LogP contribution >= 0.6 is 15.6 Å². The number of Topliss-reactive ketones (excluding diaryl/α,β-unsaturated/α-hetero) is 1. The molecule has 2 aliphatic rings. The van der Waals surface area contributed by atoms with Gasteiger partial charge in [-0.15, -0.1) is 0 Å².